The van der Waals surface area contributed by atoms with Crippen LogP contribution in [0.4, 0.5) is 0 Å². The molecular weight excluding hydrogens is 122 g/mol. The van der Waals surface area contributed by atoms with Crippen LogP contribution in [0.2, 0.25) is 0 Å². The third-order valence-corrected chi connectivity index (χ3v) is 0.893. The topological polar surface area (TPSA) is 41.6 Å². The minimum Gasteiger partial charge on any atom is -0.265 e. The van der Waals surface area contributed by atoms with Crippen LogP contribution in [0.5, 0.6) is 0 Å². The van der Waals surface area contributed by atoms with E-state index >= 15 is 0 Å². The molecule has 0 aliphatic rings. The van der Waals surface area contributed by atoms with Gasteiger partial charge in [0.25, 0.3) is 0 Å². The SMILES string of the molecule is Cc1ncc(=S)[nH]n1. The predicted octanol–water partition coefficient (Wildman–Crippen LogP) is 0.843. The van der Waals surface area contributed by atoms with Gasteiger partial charge in [0, 0.05) is 0 Å². The van der Waals surface area contributed by atoms with Crippen molar-refractivity contribution in [1.82, 2.24) is 15.2 Å². The van der Waals surface area contributed by atoms with Crippen molar-refractivity contribution < 1.29 is 0 Å². The van der Waals surface area contributed by atoms with E-state index in [1.54, 1.807) is 13.1 Å². The third-order valence-electron chi connectivity index (χ3n) is 0.697. The Kier molecular flexibility index (Phi) is 1.34. The van der Waals surface area contributed by atoms with E-state index in [-0.39, 0.29) is 0 Å². The predicted molar refractivity (Wildman–Crippen MR) is 32.0 cm³/mol. The maximum absolute atomic E-state index is 4.69. The summed E-state index contributed by atoms with van der Waals surface area (Å²) in [6.45, 7) is 1.80. The fourth-order valence-corrected chi connectivity index (χ4v) is 0.444. The third kappa shape index (κ3) is 1.10. The average molecular weight is 127 g/mol. The highest BCUT2D eigenvalue weighted by atomic mass is 32.1. The van der Waals surface area contributed by atoms with Crippen LogP contribution in [0, 0.1) is 11.6 Å². The second kappa shape index (κ2) is 2.00. The number of hydrogen-bond donors (Lipinski definition) is 1. The molecule has 0 unspecified atom stereocenters. The number of nitrogens with zero attached hydrogens (tertiary/aromatic N) is 2. The zero-order valence-corrected chi connectivity index (χ0v) is 5.20. The van der Waals surface area contributed by atoms with Gasteiger partial charge in [0.15, 0.2) is 0 Å². The van der Waals surface area contributed by atoms with Crippen molar-refractivity contribution in [3.63, 3.8) is 0 Å². The zero-order valence-electron chi connectivity index (χ0n) is 4.38. The van der Waals surface area contributed by atoms with Crippen molar-refractivity contribution >= 4 is 12.2 Å². The van der Waals surface area contributed by atoms with E-state index in [4.69, 9.17) is 12.2 Å². The summed E-state index contributed by atoms with van der Waals surface area (Å²) in [6.07, 6.45) is 1.57. The molecule has 0 bridgehead atoms. The first kappa shape index (κ1) is 5.37. The van der Waals surface area contributed by atoms with Gasteiger partial charge in [-0.2, -0.15) is 5.10 Å². The van der Waals surface area contributed by atoms with Gasteiger partial charge in [0.2, 0.25) is 0 Å². The standard InChI is InChI=1S/C4H5N3S/c1-3-5-2-4(8)7-6-3/h2H,1H3,(H,7,8). The van der Waals surface area contributed by atoms with Crippen molar-refractivity contribution in [2.75, 3.05) is 0 Å². The lowest BCUT2D eigenvalue weighted by atomic mass is 10.7. The van der Waals surface area contributed by atoms with E-state index in [1.807, 2.05) is 0 Å². The van der Waals surface area contributed by atoms with Crippen molar-refractivity contribution in [2.24, 2.45) is 0 Å². The Morgan fingerprint density at radius 2 is 2.50 bits per heavy atom. The summed E-state index contributed by atoms with van der Waals surface area (Å²) in [7, 11) is 0. The van der Waals surface area contributed by atoms with E-state index in [2.05, 4.69) is 15.2 Å². The Morgan fingerprint density at radius 1 is 1.75 bits per heavy atom. The fourth-order valence-electron chi connectivity index (χ4n) is 0.346. The molecule has 1 heterocycles. The van der Waals surface area contributed by atoms with Crippen LogP contribution in [-0.2, 0) is 0 Å². The van der Waals surface area contributed by atoms with Gasteiger partial charge in [0.1, 0.15) is 10.5 Å². The number of aryl methyl sites for hydroxylation is 1. The quantitative estimate of drug-likeness (QED) is 0.525. The molecule has 0 amide bonds. The number of nitrogens with one attached hydrogen (secondary N) is 1. The highest BCUT2D eigenvalue weighted by Crippen LogP contribution is 1.79. The lowest BCUT2D eigenvalue weighted by Crippen LogP contribution is -1.88. The number of hydrogen-bond acceptors (Lipinski definition) is 3. The fraction of sp³-hybridized carbons (Fsp3) is 0.250. The summed E-state index contributed by atoms with van der Waals surface area (Å²) in [4.78, 5) is 3.83. The average Bonchev–Trinajstić information content (AvgIpc) is 1.77. The van der Waals surface area contributed by atoms with Gasteiger partial charge in [-0.1, -0.05) is 12.2 Å². The van der Waals surface area contributed by atoms with Gasteiger partial charge in [-0.25, -0.2) is 4.98 Å². The Balaban J connectivity index is 3.22. The first-order chi connectivity index (χ1) is 3.79. The van der Waals surface area contributed by atoms with Gasteiger partial charge < -0.3 is 0 Å². The van der Waals surface area contributed by atoms with Gasteiger partial charge >= 0.3 is 0 Å². The molecule has 0 aliphatic heterocycles. The van der Waals surface area contributed by atoms with Crippen molar-refractivity contribution in [1.29, 1.82) is 0 Å². The molecule has 0 spiro atoms. The molecule has 0 saturated carbocycles. The molecule has 0 aromatic carbocycles. The molecule has 8 heavy (non-hydrogen) atoms. The number of aromatic amines is 1. The Hall–Kier alpha value is -0.770. The van der Waals surface area contributed by atoms with Gasteiger partial charge in [-0.15, -0.1) is 0 Å². The largest absolute Gasteiger partial charge is 0.265 e. The zero-order chi connectivity index (χ0) is 5.98. The van der Waals surface area contributed by atoms with Crippen LogP contribution < -0.4 is 0 Å². The molecule has 0 radical (unpaired) electrons. The van der Waals surface area contributed by atoms with E-state index in [9.17, 15) is 0 Å². The second-order valence-corrected chi connectivity index (χ2v) is 1.83. The van der Waals surface area contributed by atoms with Gasteiger partial charge in [-0.05, 0) is 6.92 Å². The number of rotatable bonds is 0. The Labute approximate surface area is 51.8 Å². The highest BCUT2D eigenvalue weighted by molar-refractivity contribution is 7.71. The molecule has 1 aromatic heterocycles. The molecule has 4 heteroatoms. The molecular formula is C4H5N3S. The summed E-state index contributed by atoms with van der Waals surface area (Å²) in [5.74, 6) is 0.707. The maximum atomic E-state index is 4.69. The first-order valence-corrected chi connectivity index (χ1v) is 2.58. The lowest BCUT2D eigenvalue weighted by Gasteiger charge is -1.84. The minimum absolute atomic E-state index is 0.565. The van der Waals surface area contributed by atoms with Crippen molar-refractivity contribution in [2.45, 2.75) is 6.92 Å². The molecule has 1 N–H and O–H groups in total. The number of aromatic nitrogens is 3. The van der Waals surface area contributed by atoms with Crippen LogP contribution >= 0.6 is 12.2 Å². The van der Waals surface area contributed by atoms with Crippen LogP contribution in [0.25, 0.3) is 0 Å². The summed E-state index contributed by atoms with van der Waals surface area (Å²) in [6, 6.07) is 0. The van der Waals surface area contributed by atoms with Gasteiger partial charge in [0.05, 0.1) is 6.20 Å². The van der Waals surface area contributed by atoms with E-state index in [0.717, 1.165) is 0 Å². The van der Waals surface area contributed by atoms with Crippen LogP contribution in [-0.4, -0.2) is 15.2 Å². The van der Waals surface area contributed by atoms with E-state index in [1.165, 1.54) is 0 Å². The van der Waals surface area contributed by atoms with Crippen molar-refractivity contribution in [3.8, 4) is 0 Å². The second-order valence-electron chi connectivity index (χ2n) is 1.39. The Morgan fingerprint density at radius 3 is 2.88 bits per heavy atom. The summed E-state index contributed by atoms with van der Waals surface area (Å²) in [5, 5.41) is 6.34. The van der Waals surface area contributed by atoms with Crippen molar-refractivity contribution in [3.05, 3.63) is 16.7 Å². The van der Waals surface area contributed by atoms with Crippen LogP contribution in [0.3, 0.4) is 0 Å². The lowest BCUT2D eigenvalue weighted by molar-refractivity contribution is 0.896. The van der Waals surface area contributed by atoms with E-state index in [0.29, 0.717) is 10.5 Å². The van der Waals surface area contributed by atoms with E-state index < -0.39 is 0 Å². The molecule has 0 aliphatic carbocycles. The normalized spacial score (nSPS) is 9.12. The van der Waals surface area contributed by atoms with Gasteiger partial charge in [-0.3, -0.25) is 5.10 Å². The smallest absolute Gasteiger partial charge is 0.145 e. The minimum atomic E-state index is 0.565. The molecule has 1 rings (SSSR count). The molecule has 1 aromatic rings. The Bertz CT molecular complexity index is 208. The molecule has 42 valence electrons. The molecule has 0 fully saturated rings. The highest BCUT2D eigenvalue weighted by Gasteiger charge is 1.79. The molecule has 0 saturated heterocycles. The first-order valence-electron chi connectivity index (χ1n) is 2.17. The van der Waals surface area contributed by atoms with Crippen LogP contribution in [0.1, 0.15) is 5.82 Å². The summed E-state index contributed by atoms with van der Waals surface area (Å²) >= 11 is 4.69. The number of H-pyrrole nitrogens is 1. The molecule has 0 atom stereocenters. The molecule has 3 nitrogen and oxygen atoms in total. The monoisotopic (exact) mass is 127 g/mol. The summed E-state index contributed by atoms with van der Waals surface area (Å²) < 4.78 is 0.565. The summed E-state index contributed by atoms with van der Waals surface area (Å²) in [5.41, 5.74) is 0. The maximum Gasteiger partial charge on any atom is 0.145 e. The van der Waals surface area contributed by atoms with Crippen LogP contribution in [0.15, 0.2) is 6.20 Å².